The van der Waals surface area contributed by atoms with Gasteiger partial charge in [0.05, 0.1) is 5.69 Å². The molecule has 20 heavy (non-hydrogen) atoms. The minimum atomic E-state index is 0.0528. The first-order chi connectivity index (χ1) is 9.30. The van der Waals surface area contributed by atoms with E-state index in [4.69, 9.17) is 4.52 Å². The van der Waals surface area contributed by atoms with E-state index in [0.29, 0.717) is 17.0 Å². The van der Waals surface area contributed by atoms with Crippen molar-refractivity contribution in [2.45, 2.75) is 46.6 Å². The van der Waals surface area contributed by atoms with Crippen LogP contribution in [0.5, 0.6) is 0 Å². The minimum Gasteiger partial charge on any atom is -0.361 e. The summed E-state index contributed by atoms with van der Waals surface area (Å²) in [5.41, 5.74) is 1.47. The van der Waals surface area contributed by atoms with Gasteiger partial charge < -0.3 is 9.42 Å². The van der Waals surface area contributed by atoms with Crippen molar-refractivity contribution in [2.24, 2.45) is 0 Å². The van der Waals surface area contributed by atoms with Crippen molar-refractivity contribution in [2.75, 3.05) is 26.2 Å². The van der Waals surface area contributed by atoms with Crippen LogP contribution in [0.3, 0.4) is 0 Å². The summed E-state index contributed by atoms with van der Waals surface area (Å²) in [4.78, 5) is 17.0. The molecule has 1 saturated heterocycles. The largest absolute Gasteiger partial charge is 0.361 e. The lowest BCUT2D eigenvalue weighted by Crippen LogP contribution is -2.44. The number of carbonyl (C=O) groups excluding carboxylic acids is 1. The Labute approximate surface area is 120 Å². The van der Waals surface area contributed by atoms with Gasteiger partial charge in [0, 0.05) is 31.7 Å². The molecule has 5 heteroatoms. The molecule has 0 aliphatic carbocycles. The molecule has 0 aromatic carbocycles. The third-order valence-electron chi connectivity index (χ3n) is 3.98. The summed E-state index contributed by atoms with van der Waals surface area (Å²) in [6.45, 7) is 13.8. The predicted octanol–water partition coefficient (Wildman–Crippen LogP) is 2.24. The van der Waals surface area contributed by atoms with Crippen LogP contribution in [0.1, 0.15) is 49.0 Å². The molecule has 0 saturated carbocycles. The maximum Gasteiger partial charge on any atom is 0.259 e. The van der Waals surface area contributed by atoms with Crippen LogP contribution in [0.15, 0.2) is 4.52 Å². The molecule has 1 aromatic heterocycles. The van der Waals surface area contributed by atoms with Gasteiger partial charge in [-0.15, -0.1) is 0 Å². The maximum atomic E-state index is 12.6. The van der Waals surface area contributed by atoms with Gasteiger partial charge >= 0.3 is 0 Å². The van der Waals surface area contributed by atoms with Gasteiger partial charge in [0.1, 0.15) is 11.3 Å². The Morgan fingerprint density at radius 1 is 1.15 bits per heavy atom. The molecule has 2 rings (SSSR count). The van der Waals surface area contributed by atoms with Crippen molar-refractivity contribution in [3.8, 4) is 0 Å². The first-order valence-electron chi connectivity index (χ1n) is 7.28. The number of hydrogen-bond donors (Lipinski definition) is 0. The molecule has 112 valence electrons. The van der Waals surface area contributed by atoms with Gasteiger partial charge in [-0.05, 0) is 41.0 Å². The van der Waals surface area contributed by atoms with Gasteiger partial charge in [-0.2, -0.15) is 0 Å². The summed E-state index contributed by atoms with van der Waals surface area (Å²) in [6, 6.07) is 0. The number of hydrogen-bond acceptors (Lipinski definition) is 4. The van der Waals surface area contributed by atoms with Crippen LogP contribution in [-0.4, -0.2) is 52.6 Å². The maximum absolute atomic E-state index is 12.6. The Hall–Kier alpha value is -1.36. The second kappa shape index (κ2) is 5.56. The fraction of sp³-hybridized carbons (Fsp3) is 0.733. The molecule has 1 aromatic rings. The lowest BCUT2D eigenvalue weighted by molar-refractivity contribution is 0.0747. The topological polar surface area (TPSA) is 49.6 Å². The van der Waals surface area contributed by atoms with Crippen molar-refractivity contribution < 1.29 is 9.32 Å². The third-order valence-corrected chi connectivity index (χ3v) is 3.98. The fourth-order valence-electron chi connectivity index (χ4n) is 2.74. The zero-order valence-corrected chi connectivity index (χ0v) is 13.2. The number of carbonyl (C=O) groups is 1. The molecule has 0 radical (unpaired) electrons. The third kappa shape index (κ3) is 3.03. The second-order valence-corrected chi connectivity index (χ2v) is 6.50. The molecule has 1 amide bonds. The van der Waals surface area contributed by atoms with Gasteiger partial charge in [0.25, 0.3) is 5.91 Å². The van der Waals surface area contributed by atoms with Crippen LogP contribution in [0.25, 0.3) is 0 Å². The van der Waals surface area contributed by atoms with Crippen molar-refractivity contribution in [3.05, 3.63) is 17.0 Å². The highest BCUT2D eigenvalue weighted by Crippen LogP contribution is 2.19. The fourth-order valence-corrected chi connectivity index (χ4v) is 2.74. The zero-order chi connectivity index (χ0) is 14.9. The van der Waals surface area contributed by atoms with Crippen molar-refractivity contribution in [1.29, 1.82) is 0 Å². The molecule has 0 atom stereocenters. The lowest BCUT2D eigenvalue weighted by atomic mass is 10.1. The molecule has 2 heterocycles. The molecule has 0 unspecified atom stereocenters. The van der Waals surface area contributed by atoms with E-state index in [1.165, 1.54) is 0 Å². The zero-order valence-electron chi connectivity index (χ0n) is 13.2. The number of aromatic nitrogens is 1. The van der Waals surface area contributed by atoms with E-state index >= 15 is 0 Å². The van der Waals surface area contributed by atoms with Crippen LogP contribution < -0.4 is 0 Å². The molecular formula is C15H25N3O2. The van der Waals surface area contributed by atoms with Crippen molar-refractivity contribution in [1.82, 2.24) is 15.0 Å². The van der Waals surface area contributed by atoms with Gasteiger partial charge in [-0.25, -0.2) is 0 Å². The SMILES string of the molecule is Cc1noc(C)c1C(=O)N1CCCN(C(C)(C)C)CC1. The molecule has 0 bridgehead atoms. The predicted molar refractivity (Wildman–Crippen MR) is 77.8 cm³/mol. The molecule has 1 aliphatic heterocycles. The monoisotopic (exact) mass is 279 g/mol. The van der Waals surface area contributed by atoms with Crippen molar-refractivity contribution >= 4 is 5.91 Å². The lowest BCUT2D eigenvalue weighted by Gasteiger charge is -2.34. The van der Waals surface area contributed by atoms with E-state index in [0.717, 1.165) is 32.6 Å². The van der Waals surface area contributed by atoms with Crippen molar-refractivity contribution in [3.63, 3.8) is 0 Å². The smallest absolute Gasteiger partial charge is 0.259 e. The Bertz CT molecular complexity index is 468. The van der Waals surface area contributed by atoms with Crippen LogP contribution in [0, 0.1) is 13.8 Å². The van der Waals surface area contributed by atoms with Crippen LogP contribution >= 0.6 is 0 Å². The summed E-state index contributed by atoms with van der Waals surface area (Å²) >= 11 is 0. The van der Waals surface area contributed by atoms with Crippen LogP contribution in [0.4, 0.5) is 0 Å². The second-order valence-electron chi connectivity index (χ2n) is 6.50. The van der Waals surface area contributed by atoms with E-state index < -0.39 is 0 Å². The average Bonchev–Trinajstić information content (AvgIpc) is 2.58. The molecular weight excluding hydrogens is 254 g/mol. The highest BCUT2D eigenvalue weighted by Gasteiger charge is 2.28. The molecule has 0 N–H and O–H groups in total. The molecule has 0 spiro atoms. The molecule has 5 nitrogen and oxygen atoms in total. The van der Waals surface area contributed by atoms with Gasteiger partial charge in [0.15, 0.2) is 0 Å². The minimum absolute atomic E-state index is 0.0528. The summed E-state index contributed by atoms with van der Waals surface area (Å²) in [5, 5.41) is 3.88. The Balaban J connectivity index is 2.09. The first-order valence-corrected chi connectivity index (χ1v) is 7.28. The van der Waals surface area contributed by atoms with Gasteiger partial charge in [0.2, 0.25) is 0 Å². The first kappa shape index (κ1) is 15.0. The van der Waals surface area contributed by atoms with E-state index in [2.05, 4.69) is 30.8 Å². The Kier molecular flexibility index (Phi) is 4.18. The highest BCUT2D eigenvalue weighted by molar-refractivity contribution is 5.96. The number of aryl methyl sites for hydroxylation is 2. The van der Waals surface area contributed by atoms with E-state index in [1.54, 1.807) is 6.92 Å². The number of rotatable bonds is 1. The van der Waals surface area contributed by atoms with Crippen LogP contribution in [-0.2, 0) is 0 Å². The normalized spacial score (nSPS) is 18.1. The van der Waals surface area contributed by atoms with Gasteiger partial charge in [-0.3, -0.25) is 9.69 Å². The van der Waals surface area contributed by atoms with E-state index in [-0.39, 0.29) is 11.4 Å². The van der Waals surface area contributed by atoms with E-state index in [9.17, 15) is 4.79 Å². The van der Waals surface area contributed by atoms with Crippen LogP contribution in [0.2, 0.25) is 0 Å². The summed E-state index contributed by atoms with van der Waals surface area (Å²) in [6.07, 6.45) is 1.01. The van der Waals surface area contributed by atoms with E-state index in [1.807, 2.05) is 11.8 Å². The number of nitrogens with zero attached hydrogens (tertiary/aromatic N) is 3. The number of amides is 1. The highest BCUT2D eigenvalue weighted by atomic mass is 16.5. The summed E-state index contributed by atoms with van der Waals surface area (Å²) < 4.78 is 5.11. The molecule has 1 fully saturated rings. The Morgan fingerprint density at radius 2 is 1.85 bits per heavy atom. The summed E-state index contributed by atoms with van der Waals surface area (Å²) in [5.74, 6) is 0.668. The summed E-state index contributed by atoms with van der Waals surface area (Å²) in [7, 11) is 0. The van der Waals surface area contributed by atoms with Gasteiger partial charge in [-0.1, -0.05) is 5.16 Å². The molecule has 1 aliphatic rings. The standard InChI is InChI=1S/C15H25N3O2/c1-11-13(12(2)20-16-11)14(19)17-7-6-8-18(10-9-17)15(3,4)5/h6-10H2,1-5H3. The quantitative estimate of drug-likeness (QED) is 0.791. The average molecular weight is 279 g/mol. The Morgan fingerprint density at radius 3 is 2.40 bits per heavy atom.